The van der Waals surface area contributed by atoms with E-state index >= 15 is 0 Å². The Kier molecular flexibility index (Phi) is 3.65. The Balaban J connectivity index is 2.38. The first-order chi connectivity index (χ1) is 9.02. The predicted octanol–water partition coefficient (Wildman–Crippen LogP) is 2.98. The fourth-order valence-electron chi connectivity index (χ4n) is 2.13. The van der Waals surface area contributed by atoms with Gasteiger partial charge in [-0.15, -0.1) is 0 Å². The van der Waals surface area contributed by atoms with Crippen molar-refractivity contribution >= 4 is 5.97 Å². The summed E-state index contributed by atoms with van der Waals surface area (Å²) >= 11 is 0. The van der Waals surface area contributed by atoms with Gasteiger partial charge in [-0.3, -0.25) is 9.78 Å². The van der Waals surface area contributed by atoms with Crippen molar-refractivity contribution in [3.05, 3.63) is 65.5 Å². The zero-order valence-electron chi connectivity index (χ0n) is 11.1. The molecule has 0 saturated heterocycles. The largest absolute Gasteiger partial charge is 0.481 e. The lowest BCUT2D eigenvalue weighted by atomic mass is 9.77. The average molecular weight is 255 g/mol. The van der Waals surface area contributed by atoms with Gasteiger partial charge in [0, 0.05) is 12.4 Å². The highest BCUT2D eigenvalue weighted by Crippen LogP contribution is 2.28. The summed E-state index contributed by atoms with van der Waals surface area (Å²) in [6, 6.07) is 11.4. The zero-order chi connectivity index (χ0) is 13.9. The van der Waals surface area contributed by atoms with Gasteiger partial charge in [0.05, 0.1) is 5.41 Å². The molecule has 1 aromatic heterocycles. The van der Waals surface area contributed by atoms with Crippen LogP contribution in [0, 0.1) is 6.92 Å². The predicted molar refractivity (Wildman–Crippen MR) is 74.1 cm³/mol. The molecule has 0 amide bonds. The Hall–Kier alpha value is -2.16. The van der Waals surface area contributed by atoms with Crippen molar-refractivity contribution in [1.29, 1.82) is 0 Å². The SMILES string of the molecule is Cc1ccc(C(C)(Cc2ccncc2)C(=O)O)cc1. The topological polar surface area (TPSA) is 50.2 Å². The van der Waals surface area contributed by atoms with Gasteiger partial charge in [-0.2, -0.15) is 0 Å². The normalized spacial score (nSPS) is 13.8. The third kappa shape index (κ3) is 2.81. The van der Waals surface area contributed by atoms with Crippen LogP contribution in [0.5, 0.6) is 0 Å². The number of carboxylic acid groups (broad SMARTS) is 1. The van der Waals surface area contributed by atoms with E-state index in [2.05, 4.69) is 4.98 Å². The van der Waals surface area contributed by atoms with Gasteiger partial charge in [-0.05, 0) is 43.5 Å². The maximum Gasteiger partial charge on any atom is 0.314 e. The zero-order valence-corrected chi connectivity index (χ0v) is 11.1. The molecule has 0 aliphatic heterocycles. The van der Waals surface area contributed by atoms with E-state index in [4.69, 9.17) is 0 Å². The smallest absolute Gasteiger partial charge is 0.314 e. The highest BCUT2D eigenvalue weighted by molar-refractivity contribution is 5.81. The first-order valence-electron chi connectivity index (χ1n) is 6.22. The molecule has 1 heterocycles. The second kappa shape index (κ2) is 5.22. The van der Waals surface area contributed by atoms with E-state index in [1.165, 1.54) is 0 Å². The Morgan fingerprint density at radius 1 is 1.16 bits per heavy atom. The van der Waals surface area contributed by atoms with E-state index < -0.39 is 11.4 Å². The first kappa shape index (κ1) is 13.3. The molecule has 2 rings (SSSR count). The summed E-state index contributed by atoms with van der Waals surface area (Å²) in [7, 11) is 0. The standard InChI is InChI=1S/C16H17NO2/c1-12-3-5-14(6-4-12)16(2,15(18)19)11-13-7-9-17-10-8-13/h3-10H,11H2,1-2H3,(H,18,19). The van der Waals surface area contributed by atoms with Gasteiger partial charge in [0.2, 0.25) is 0 Å². The van der Waals surface area contributed by atoms with Gasteiger partial charge in [0.25, 0.3) is 0 Å². The quantitative estimate of drug-likeness (QED) is 0.913. The van der Waals surface area contributed by atoms with Gasteiger partial charge >= 0.3 is 5.97 Å². The molecule has 1 aromatic carbocycles. The van der Waals surface area contributed by atoms with Crippen LogP contribution in [-0.2, 0) is 16.6 Å². The molecule has 2 aromatic rings. The van der Waals surface area contributed by atoms with Crippen molar-refractivity contribution in [2.45, 2.75) is 25.7 Å². The minimum absolute atomic E-state index is 0.452. The number of aryl methyl sites for hydroxylation is 1. The number of pyridine rings is 1. The van der Waals surface area contributed by atoms with Crippen LogP contribution in [-0.4, -0.2) is 16.1 Å². The molecule has 0 bridgehead atoms. The molecule has 1 unspecified atom stereocenters. The van der Waals surface area contributed by atoms with Crippen LogP contribution in [0.2, 0.25) is 0 Å². The Bertz CT molecular complexity index is 563. The summed E-state index contributed by atoms with van der Waals surface area (Å²) in [5, 5.41) is 9.60. The maximum absolute atomic E-state index is 11.7. The number of hydrogen-bond acceptors (Lipinski definition) is 2. The van der Waals surface area contributed by atoms with Crippen molar-refractivity contribution < 1.29 is 9.90 Å². The van der Waals surface area contributed by atoms with E-state index in [-0.39, 0.29) is 0 Å². The Morgan fingerprint density at radius 3 is 2.26 bits per heavy atom. The molecule has 1 atom stereocenters. The molecular formula is C16H17NO2. The molecule has 0 fully saturated rings. The fraction of sp³-hybridized carbons (Fsp3) is 0.250. The van der Waals surface area contributed by atoms with Crippen molar-refractivity contribution in [1.82, 2.24) is 4.98 Å². The number of hydrogen-bond donors (Lipinski definition) is 1. The number of carbonyl (C=O) groups is 1. The molecule has 0 aliphatic carbocycles. The minimum atomic E-state index is -0.922. The fourth-order valence-corrected chi connectivity index (χ4v) is 2.13. The minimum Gasteiger partial charge on any atom is -0.481 e. The van der Waals surface area contributed by atoms with Crippen LogP contribution >= 0.6 is 0 Å². The third-order valence-corrected chi connectivity index (χ3v) is 3.47. The lowest BCUT2D eigenvalue weighted by Crippen LogP contribution is -2.34. The lowest BCUT2D eigenvalue weighted by molar-refractivity contribution is -0.143. The summed E-state index contributed by atoms with van der Waals surface area (Å²) in [5.41, 5.74) is 2.00. The van der Waals surface area contributed by atoms with E-state index in [1.807, 2.05) is 43.3 Å². The van der Waals surface area contributed by atoms with Crippen molar-refractivity contribution in [2.24, 2.45) is 0 Å². The van der Waals surface area contributed by atoms with E-state index in [9.17, 15) is 9.90 Å². The van der Waals surface area contributed by atoms with Gasteiger partial charge in [-0.25, -0.2) is 0 Å². The monoisotopic (exact) mass is 255 g/mol. The highest BCUT2D eigenvalue weighted by Gasteiger charge is 2.35. The molecule has 0 aliphatic rings. The number of benzene rings is 1. The highest BCUT2D eigenvalue weighted by atomic mass is 16.4. The number of aromatic nitrogens is 1. The Morgan fingerprint density at radius 2 is 1.74 bits per heavy atom. The van der Waals surface area contributed by atoms with Crippen LogP contribution in [0.25, 0.3) is 0 Å². The third-order valence-electron chi connectivity index (χ3n) is 3.47. The second-order valence-corrected chi connectivity index (χ2v) is 5.04. The van der Waals surface area contributed by atoms with Crippen LogP contribution in [0.1, 0.15) is 23.6 Å². The van der Waals surface area contributed by atoms with Crippen LogP contribution in [0.15, 0.2) is 48.8 Å². The van der Waals surface area contributed by atoms with E-state index in [0.29, 0.717) is 6.42 Å². The van der Waals surface area contributed by atoms with Crippen molar-refractivity contribution in [3.8, 4) is 0 Å². The summed E-state index contributed by atoms with van der Waals surface area (Å²) in [5.74, 6) is -0.812. The van der Waals surface area contributed by atoms with E-state index in [1.54, 1.807) is 19.3 Å². The molecule has 1 N–H and O–H groups in total. The number of aliphatic carboxylic acids is 1. The van der Waals surface area contributed by atoms with Gasteiger partial charge < -0.3 is 5.11 Å². The van der Waals surface area contributed by atoms with Crippen molar-refractivity contribution in [3.63, 3.8) is 0 Å². The van der Waals surface area contributed by atoms with E-state index in [0.717, 1.165) is 16.7 Å². The number of rotatable bonds is 4. The number of nitrogens with zero attached hydrogens (tertiary/aromatic N) is 1. The number of carboxylic acids is 1. The van der Waals surface area contributed by atoms with Crippen molar-refractivity contribution in [2.75, 3.05) is 0 Å². The maximum atomic E-state index is 11.7. The molecule has 3 nitrogen and oxygen atoms in total. The van der Waals surface area contributed by atoms with Crippen LogP contribution < -0.4 is 0 Å². The summed E-state index contributed by atoms with van der Waals surface area (Å²) in [6.45, 7) is 3.76. The molecule has 98 valence electrons. The summed E-state index contributed by atoms with van der Waals surface area (Å²) in [6.07, 6.45) is 3.83. The summed E-state index contributed by atoms with van der Waals surface area (Å²) < 4.78 is 0. The summed E-state index contributed by atoms with van der Waals surface area (Å²) in [4.78, 5) is 15.7. The van der Waals surface area contributed by atoms with Gasteiger partial charge in [-0.1, -0.05) is 29.8 Å². The van der Waals surface area contributed by atoms with Gasteiger partial charge in [0.1, 0.15) is 0 Å². The Labute approximate surface area is 112 Å². The average Bonchev–Trinajstić information content (AvgIpc) is 2.40. The van der Waals surface area contributed by atoms with Crippen LogP contribution in [0.4, 0.5) is 0 Å². The lowest BCUT2D eigenvalue weighted by Gasteiger charge is -2.25. The molecule has 0 saturated carbocycles. The first-order valence-corrected chi connectivity index (χ1v) is 6.22. The van der Waals surface area contributed by atoms with Crippen LogP contribution in [0.3, 0.4) is 0 Å². The molecule has 0 radical (unpaired) electrons. The molecule has 3 heteroatoms. The molecule has 0 spiro atoms. The van der Waals surface area contributed by atoms with Gasteiger partial charge in [0.15, 0.2) is 0 Å². The second-order valence-electron chi connectivity index (χ2n) is 5.04. The molecule has 19 heavy (non-hydrogen) atoms. The molecular weight excluding hydrogens is 238 g/mol.